The van der Waals surface area contributed by atoms with E-state index in [1.54, 1.807) is 13.3 Å². The fourth-order valence-electron chi connectivity index (χ4n) is 3.06. The normalized spacial score (nSPS) is 17.2. The van der Waals surface area contributed by atoms with Crippen molar-refractivity contribution in [1.82, 2.24) is 20.5 Å². The summed E-state index contributed by atoms with van der Waals surface area (Å²) in [4.78, 5) is 31.0. The van der Waals surface area contributed by atoms with Gasteiger partial charge >= 0.3 is 0 Å². The van der Waals surface area contributed by atoms with E-state index in [0.29, 0.717) is 26.2 Å². The maximum absolute atomic E-state index is 12.4. The summed E-state index contributed by atoms with van der Waals surface area (Å²) < 4.78 is 5.13. The Hall–Kier alpha value is -2.93. The summed E-state index contributed by atoms with van der Waals surface area (Å²) in [7, 11) is 1.61. The van der Waals surface area contributed by atoms with Crippen LogP contribution < -0.4 is 15.4 Å². The van der Waals surface area contributed by atoms with Crippen molar-refractivity contribution in [3.05, 3.63) is 59.9 Å². The van der Waals surface area contributed by atoms with Gasteiger partial charge in [0.25, 0.3) is 0 Å². The fourth-order valence-corrected chi connectivity index (χ4v) is 3.06. The zero-order valence-corrected chi connectivity index (χ0v) is 15.4. The highest BCUT2D eigenvalue weighted by molar-refractivity contribution is 5.88. The molecule has 2 amide bonds. The number of hydrogen-bond acceptors (Lipinski definition) is 5. The molecular formula is C20H24N4O3. The number of aromatic nitrogens is 1. The molecule has 7 heteroatoms. The van der Waals surface area contributed by atoms with Crippen molar-refractivity contribution in [2.45, 2.75) is 25.6 Å². The first kappa shape index (κ1) is 18.8. The summed E-state index contributed by atoms with van der Waals surface area (Å²) >= 11 is 0. The first-order valence-electron chi connectivity index (χ1n) is 8.97. The number of ether oxygens (including phenoxy) is 1. The number of rotatable bonds is 7. The Morgan fingerprint density at radius 1 is 1.30 bits per heavy atom. The molecule has 2 aromatic rings. The summed E-state index contributed by atoms with van der Waals surface area (Å²) in [6.45, 7) is 2.23. The largest absolute Gasteiger partial charge is 0.497 e. The second kappa shape index (κ2) is 9.14. The number of nitrogens with zero attached hydrogens (tertiary/aromatic N) is 2. The van der Waals surface area contributed by atoms with Crippen LogP contribution in [0.5, 0.6) is 5.75 Å². The molecule has 142 valence electrons. The minimum absolute atomic E-state index is 0.114. The molecule has 0 aliphatic carbocycles. The average Bonchev–Trinajstić information content (AvgIpc) is 2.70. The topological polar surface area (TPSA) is 83.6 Å². The van der Waals surface area contributed by atoms with Crippen LogP contribution in [0, 0.1) is 0 Å². The van der Waals surface area contributed by atoms with E-state index in [1.165, 1.54) is 0 Å². The Bertz CT molecular complexity index is 765. The van der Waals surface area contributed by atoms with E-state index >= 15 is 0 Å². The van der Waals surface area contributed by atoms with Gasteiger partial charge in [-0.2, -0.15) is 0 Å². The number of carbonyl (C=O) groups is 2. The maximum atomic E-state index is 12.4. The van der Waals surface area contributed by atoms with Crippen LogP contribution in [0.3, 0.4) is 0 Å². The molecule has 27 heavy (non-hydrogen) atoms. The number of hydrogen-bond donors (Lipinski definition) is 2. The molecule has 1 aliphatic heterocycles. The zero-order valence-electron chi connectivity index (χ0n) is 15.4. The molecule has 1 atom stereocenters. The third-order valence-electron chi connectivity index (χ3n) is 4.56. The van der Waals surface area contributed by atoms with Gasteiger partial charge in [-0.1, -0.05) is 18.2 Å². The molecule has 3 rings (SSSR count). The maximum Gasteiger partial charge on any atom is 0.237 e. The molecule has 2 N–H and O–H groups in total. The summed E-state index contributed by atoms with van der Waals surface area (Å²) in [6.07, 6.45) is 1.85. The first-order chi connectivity index (χ1) is 13.2. The molecule has 1 aromatic carbocycles. The van der Waals surface area contributed by atoms with Crippen molar-refractivity contribution >= 4 is 11.8 Å². The predicted molar refractivity (Wildman–Crippen MR) is 101 cm³/mol. The van der Waals surface area contributed by atoms with Crippen LogP contribution >= 0.6 is 0 Å². The highest BCUT2D eigenvalue weighted by atomic mass is 16.5. The lowest BCUT2D eigenvalue weighted by Gasteiger charge is -2.34. The lowest BCUT2D eigenvalue weighted by Crippen LogP contribution is -2.56. The number of piperazine rings is 1. The number of carbonyl (C=O) groups excluding carboxylic acids is 2. The van der Waals surface area contributed by atoms with Crippen LogP contribution in [0.1, 0.15) is 17.7 Å². The van der Waals surface area contributed by atoms with Gasteiger partial charge in [0.15, 0.2) is 0 Å². The molecule has 1 aromatic heterocycles. The molecular weight excluding hydrogens is 344 g/mol. The Kier molecular flexibility index (Phi) is 6.38. The third-order valence-corrected chi connectivity index (χ3v) is 4.56. The van der Waals surface area contributed by atoms with Gasteiger partial charge in [-0.25, -0.2) is 0 Å². The van der Waals surface area contributed by atoms with E-state index in [2.05, 4.69) is 15.6 Å². The second-order valence-electron chi connectivity index (χ2n) is 6.43. The van der Waals surface area contributed by atoms with Crippen LogP contribution in [0.25, 0.3) is 0 Å². The molecule has 0 unspecified atom stereocenters. The highest BCUT2D eigenvalue weighted by Gasteiger charge is 2.31. The quantitative estimate of drug-likeness (QED) is 0.765. The van der Waals surface area contributed by atoms with Gasteiger partial charge in [0.1, 0.15) is 5.75 Å². The smallest absolute Gasteiger partial charge is 0.237 e. The van der Waals surface area contributed by atoms with Crippen LogP contribution in [-0.4, -0.2) is 47.9 Å². The van der Waals surface area contributed by atoms with Gasteiger partial charge in [0.2, 0.25) is 11.8 Å². The van der Waals surface area contributed by atoms with E-state index in [1.807, 2.05) is 47.4 Å². The molecule has 1 saturated heterocycles. The molecule has 0 radical (unpaired) electrons. The van der Waals surface area contributed by atoms with Gasteiger partial charge < -0.3 is 15.4 Å². The standard InChI is InChI=1S/C20H24N4O3/c1-27-17-7-5-15(6-8-17)13-23-19(25)12-18-20(26)22-10-11-24(18)14-16-4-2-3-9-21-16/h2-9,18H,10-14H2,1H3,(H,22,26)(H,23,25)/t18-/m0/s1. The average molecular weight is 368 g/mol. The SMILES string of the molecule is COc1ccc(CNC(=O)C[C@H]2C(=O)NCCN2Cc2ccccn2)cc1. The van der Waals surface area contributed by atoms with Crippen LogP contribution in [0.2, 0.25) is 0 Å². The van der Waals surface area contributed by atoms with Crippen molar-refractivity contribution in [2.24, 2.45) is 0 Å². The van der Waals surface area contributed by atoms with Gasteiger partial charge in [0, 0.05) is 32.4 Å². The summed E-state index contributed by atoms with van der Waals surface area (Å²) in [5.74, 6) is 0.504. The molecule has 0 bridgehead atoms. The Labute approximate surface area is 158 Å². The Balaban J connectivity index is 1.56. The van der Waals surface area contributed by atoms with E-state index < -0.39 is 6.04 Å². The molecule has 2 heterocycles. The number of pyridine rings is 1. The van der Waals surface area contributed by atoms with Crippen molar-refractivity contribution in [2.75, 3.05) is 20.2 Å². The Morgan fingerprint density at radius 2 is 2.11 bits per heavy atom. The first-order valence-corrected chi connectivity index (χ1v) is 8.97. The van der Waals surface area contributed by atoms with E-state index in [9.17, 15) is 9.59 Å². The van der Waals surface area contributed by atoms with Crippen LogP contribution in [0.15, 0.2) is 48.7 Å². The minimum atomic E-state index is -0.489. The molecule has 1 aliphatic rings. The minimum Gasteiger partial charge on any atom is -0.497 e. The monoisotopic (exact) mass is 368 g/mol. The number of nitrogens with one attached hydrogen (secondary N) is 2. The van der Waals surface area contributed by atoms with Crippen molar-refractivity contribution in [1.29, 1.82) is 0 Å². The second-order valence-corrected chi connectivity index (χ2v) is 6.43. The summed E-state index contributed by atoms with van der Waals surface area (Å²) in [5, 5.41) is 5.73. The van der Waals surface area contributed by atoms with E-state index in [-0.39, 0.29) is 18.2 Å². The van der Waals surface area contributed by atoms with E-state index in [4.69, 9.17) is 4.74 Å². The zero-order chi connectivity index (χ0) is 19.1. The molecule has 7 nitrogen and oxygen atoms in total. The summed E-state index contributed by atoms with van der Waals surface area (Å²) in [6, 6.07) is 12.7. The van der Waals surface area contributed by atoms with E-state index in [0.717, 1.165) is 17.0 Å². The predicted octanol–water partition coefficient (Wildman–Crippen LogP) is 1.10. The fraction of sp³-hybridized carbons (Fsp3) is 0.350. The van der Waals surface area contributed by atoms with Crippen molar-refractivity contribution in [3.8, 4) is 5.75 Å². The van der Waals surface area contributed by atoms with Crippen molar-refractivity contribution in [3.63, 3.8) is 0 Å². The van der Waals surface area contributed by atoms with Gasteiger partial charge in [-0.3, -0.25) is 19.5 Å². The van der Waals surface area contributed by atoms with Crippen molar-refractivity contribution < 1.29 is 14.3 Å². The van der Waals surface area contributed by atoms with Gasteiger partial charge in [0.05, 0.1) is 25.3 Å². The Morgan fingerprint density at radius 3 is 2.81 bits per heavy atom. The lowest BCUT2D eigenvalue weighted by molar-refractivity contribution is -0.134. The van der Waals surface area contributed by atoms with Gasteiger partial charge in [-0.15, -0.1) is 0 Å². The van der Waals surface area contributed by atoms with Crippen LogP contribution in [-0.2, 0) is 22.7 Å². The number of benzene rings is 1. The lowest BCUT2D eigenvalue weighted by atomic mass is 10.1. The number of methoxy groups -OCH3 is 1. The van der Waals surface area contributed by atoms with Gasteiger partial charge in [-0.05, 0) is 29.8 Å². The molecule has 1 fully saturated rings. The number of amides is 2. The van der Waals surface area contributed by atoms with Crippen LogP contribution in [0.4, 0.5) is 0 Å². The molecule has 0 saturated carbocycles. The highest BCUT2D eigenvalue weighted by Crippen LogP contribution is 2.14. The third kappa shape index (κ3) is 5.27. The molecule has 0 spiro atoms. The summed E-state index contributed by atoms with van der Waals surface area (Å²) in [5.41, 5.74) is 1.86.